The van der Waals surface area contributed by atoms with E-state index in [1.54, 1.807) is 0 Å². The average Bonchev–Trinajstić information content (AvgIpc) is 1.98. The first-order valence-electron chi connectivity index (χ1n) is 4.21. The lowest BCUT2D eigenvalue weighted by Crippen LogP contribution is -2.18. The monoisotopic (exact) mass is 164 g/mol. The lowest BCUT2D eigenvalue weighted by atomic mass is 10.0. The van der Waals surface area contributed by atoms with Gasteiger partial charge in [-0.15, -0.1) is 0 Å². The number of benzene rings is 1. The number of nitrogen functional groups attached to an aromatic ring is 1. The van der Waals surface area contributed by atoms with Crippen molar-refractivity contribution in [3.05, 3.63) is 29.3 Å². The number of hydrogen-bond acceptors (Lipinski definition) is 2. The predicted octanol–water partition coefficient (Wildman–Crippen LogP) is 1.47. The van der Waals surface area contributed by atoms with E-state index in [9.17, 15) is 0 Å². The highest BCUT2D eigenvalue weighted by Crippen LogP contribution is 2.16. The molecule has 0 aromatic heterocycles. The van der Waals surface area contributed by atoms with E-state index in [1.807, 2.05) is 26.0 Å². The van der Waals surface area contributed by atoms with Gasteiger partial charge in [0.2, 0.25) is 0 Å². The van der Waals surface area contributed by atoms with Gasteiger partial charge in [0.25, 0.3) is 0 Å². The Morgan fingerprint density at radius 2 is 2.08 bits per heavy atom. The molecule has 1 aromatic rings. The van der Waals surface area contributed by atoms with Crippen LogP contribution < -0.4 is 11.5 Å². The Morgan fingerprint density at radius 1 is 1.42 bits per heavy atom. The molecule has 0 heterocycles. The zero-order chi connectivity index (χ0) is 9.14. The van der Waals surface area contributed by atoms with E-state index >= 15 is 0 Å². The number of rotatable bonds is 2. The molecule has 0 fully saturated rings. The van der Waals surface area contributed by atoms with E-state index in [0.29, 0.717) is 0 Å². The molecule has 0 amide bonds. The number of nitrogens with two attached hydrogens (primary N) is 2. The topological polar surface area (TPSA) is 52.0 Å². The van der Waals surface area contributed by atoms with Gasteiger partial charge in [0.15, 0.2) is 0 Å². The van der Waals surface area contributed by atoms with Crippen LogP contribution >= 0.6 is 0 Å². The smallest absolute Gasteiger partial charge is 0.0346 e. The standard InChI is InChI=1S/C10H16N2/c1-7(11)6-9-4-3-5-10(12)8(9)2/h3-5,7H,6,11-12H2,1-2H3. The summed E-state index contributed by atoms with van der Waals surface area (Å²) in [6, 6.07) is 6.17. The van der Waals surface area contributed by atoms with Crippen LogP contribution in [0.15, 0.2) is 18.2 Å². The highest BCUT2D eigenvalue weighted by Gasteiger charge is 2.02. The SMILES string of the molecule is Cc1c(N)cccc1CC(C)N. The van der Waals surface area contributed by atoms with Gasteiger partial charge in [0, 0.05) is 11.7 Å². The van der Waals surface area contributed by atoms with Crippen molar-refractivity contribution in [3.8, 4) is 0 Å². The van der Waals surface area contributed by atoms with Crippen molar-refractivity contribution in [2.45, 2.75) is 26.3 Å². The van der Waals surface area contributed by atoms with E-state index in [4.69, 9.17) is 11.5 Å². The first-order valence-corrected chi connectivity index (χ1v) is 4.21. The summed E-state index contributed by atoms with van der Waals surface area (Å²) in [5.41, 5.74) is 14.7. The summed E-state index contributed by atoms with van der Waals surface area (Å²) in [6.45, 7) is 4.04. The third-order valence-corrected chi connectivity index (χ3v) is 2.03. The van der Waals surface area contributed by atoms with Gasteiger partial charge in [-0.05, 0) is 37.5 Å². The Bertz CT molecular complexity index is 267. The van der Waals surface area contributed by atoms with Crippen molar-refractivity contribution >= 4 is 5.69 Å². The van der Waals surface area contributed by atoms with Crippen LogP contribution in [0.1, 0.15) is 18.1 Å². The van der Waals surface area contributed by atoms with Crippen LogP contribution in [0.5, 0.6) is 0 Å². The largest absolute Gasteiger partial charge is 0.399 e. The first kappa shape index (κ1) is 9.07. The predicted molar refractivity (Wildman–Crippen MR) is 52.9 cm³/mol. The van der Waals surface area contributed by atoms with Crippen LogP contribution in [-0.4, -0.2) is 6.04 Å². The molecule has 1 rings (SSSR count). The fourth-order valence-electron chi connectivity index (χ4n) is 1.27. The number of hydrogen-bond donors (Lipinski definition) is 2. The van der Waals surface area contributed by atoms with Crippen molar-refractivity contribution < 1.29 is 0 Å². The average molecular weight is 164 g/mol. The molecule has 0 saturated carbocycles. The lowest BCUT2D eigenvalue weighted by Gasteiger charge is -2.09. The molecule has 4 N–H and O–H groups in total. The maximum Gasteiger partial charge on any atom is 0.0346 e. The fraction of sp³-hybridized carbons (Fsp3) is 0.400. The summed E-state index contributed by atoms with van der Waals surface area (Å²) >= 11 is 0. The van der Waals surface area contributed by atoms with Gasteiger partial charge >= 0.3 is 0 Å². The highest BCUT2D eigenvalue weighted by atomic mass is 14.6. The molecular formula is C10H16N2. The van der Waals surface area contributed by atoms with Gasteiger partial charge < -0.3 is 11.5 Å². The van der Waals surface area contributed by atoms with Gasteiger partial charge in [-0.1, -0.05) is 12.1 Å². The van der Waals surface area contributed by atoms with E-state index < -0.39 is 0 Å². The Balaban J connectivity index is 2.92. The Hall–Kier alpha value is -1.02. The van der Waals surface area contributed by atoms with Crippen LogP contribution in [0, 0.1) is 6.92 Å². The molecule has 1 atom stereocenters. The third kappa shape index (κ3) is 1.98. The van der Waals surface area contributed by atoms with E-state index in [0.717, 1.165) is 17.7 Å². The zero-order valence-electron chi connectivity index (χ0n) is 7.67. The van der Waals surface area contributed by atoms with E-state index in [-0.39, 0.29) is 6.04 Å². The van der Waals surface area contributed by atoms with Crippen molar-refractivity contribution in [1.29, 1.82) is 0 Å². The van der Waals surface area contributed by atoms with Crippen molar-refractivity contribution in [3.63, 3.8) is 0 Å². The van der Waals surface area contributed by atoms with Gasteiger partial charge in [0.1, 0.15) is 0 Å². The van der Waals surface area contributed by atoms with Gasteiger partial charge in [-0.3, -0.25) is 0 Å². The van der Waals surface area contributed by atoms with Gasteiger partial charge in [-0.2, -0.15) is 0 Å². The summed E-state index contributed by atoms with van der Waals surface area (Å²) < 4.78 is 0. The molecule has 1 unspecified atom stereocenters. The van der Waals surface area contributed by atoms with E-state index in [1.165, 1.54) is 5.56 Å². The van der Waals surface area contributed by atoms with Crippen LogP contribution in [0.25, 0.3) is 0 Å². The van der Waals surface area contributed by atoms with Gasteiger partial charge in [0.05, 0.1) is 0 Å². The molecule has 2 heteroatoms. The quantitative estimate of drug-likeness (QED) is 0.650. The summed E-state index contributed by atoms with van der Waals surface area (Å²) in [5.74, 6) is 0. The van der Waals surface area contributed by atoms with E-state index in [2.05, 4.69) is 6.07 Å². The highest BCUT2D eigenvalue weighted by molar-refractivity contribution is 5.50. The Kier molecular flexibility index (Phi) is 2.71. The minimum atomic E-state index is 0.200. The third-order valence-electron chi connectivity index (χ3n) is 2.03. The molecule has 0 aliphatic rings. The van der Waals surface area contributed by atoms with Gasteiger partial charge in [-0.25, -0.2) is 0 Å². The Morgan fingerprint density at radius 3 is 2.67 bits per heavy atom. The summed E-state index contributed by atoms with van der Waals surface area (Å²) in [6.07, 6.45) is 0.900. The minimum absolute atomic E-state index is 0.200. The van der Waals surface area contributed by atoms with Crippen LogP contribution in [0.3, 0.4) is 0 Å². The second-order valence-corrected chi connectivity index (χ2v) is 3.31. The molecule has 1 aromatic carbocycles. The Labute approximate surface area is 73.6 Å². The molecule has 0 aliphatic carbocycles. The molecular weight excluding hydrogens is 148 g/mol. The van der Waals surface area contributed by atoms with Crippen molar-refractivity contribution in [2.75, 3.05) is 5.73 Å². The second kappa shape index (κ2) is 3.59. The maximum absolute atomic E-state index is 5.76. The van der Waals surface area contributed by atoms with Crippen LogP contribution in [-0.2, 0) is 6.42 Å². The zero-order valence-corrected chi connectivity index (χ0v) is 7.67. The maximum atomic E-state index is 5.76. The second-order valence-electron chi connectivity index (χ2n) is 3.31. The molecule has 66 valence electrons. The fourth-order valence-corrected chi connectivity index (χ4v) is 1.27. The molecule has 0 bridgehead atoms. The summed E-state index contributed by atoms with van der Waals surface area (Å²) in [4.78, 5) is 0. The van der Waals surface area contributed by atoms with Crippen molar-refractivity contribution in [1.82, 2.24) is 0 Å². The molecule has 0 aliphatic heterocycles. The normalized spacial score (nSPS) is 12.9. The molecule has 2 nitrogen and oxygen atoms in total. The van der Waals surface area contributed by atoms with Crippen LogP contribution in [0.2, 0.25) is 0 Å². The molecule has 0 spiro atoms. The van der Waals surface area contributed by atoms with Crippen LogP contribution in [0.4, 0.5) is 5.69 Å². The molecule has 12 heavy (non-hydrogen) atoms. The summed E-state index contributed by atoms with van der Waals surface area (Å²) in [7, 11) is 0. The first-order chi connectivity index (χ1) is 5.61. The van der Waals surface area contributed by atoms with Crippen molar-refractivity contribution in [2.24, 2.45) is 5.73 Å². The number of anilines is 1. The minimum Gasteiger partial charge on any atom is -0.399 e. The molecule has 0 saturated heterocycles. The lowest BCUT2D eigenvalue weighted by molar-refractivity contribution is 0.735. The summed E-state index contributed by atoms with van der Waals surface area (Å²) in [5, 5.41) is 0. The molecule has 0 radical (unpaired) electrons.